The number of benzene rings is 3. The molecule has 3 aromatic rings. The van der Waals surface area contributed by atoms with E-state index in [2.05, 4.69) is 10.6 Å². The van der Waals surface area contributed by atoms with Crippen LogP contribution in [0.3, 0.4) is 0 Å². The second-order valence-corrected chi connectivity index (χ2v) is 6.81. The van der Waals surface area contributed by atoms with E-state index in [1.807, 2.05) is 13.0 Å². The van der Waals surface area contributed by atoms with Gasteiger partial charge in [0.05, 0.1) is 11.3 Å². The summed E-state index contributed by atoms with van der Waals surface area (Å²) < 4.78 is 18.7. The number of anilines is 1. The minimum atomic E-state index is -0.763. The molecule has 0 saturated carbocycles. The Morgan fingerprint density at radius 2 is 1.68 bits per heavy atom. The zero-order chi connectivity index (χ0) is 22.2. The summed E-state index contributed by atoms with van der Waals surface area (Å²) in [6, 6.07) is 19.5. The van der Waals surface area contributed by atoms with Crippen LogP contribution in [0, 0.1) is 12.7 Å². The number of hydrogen-bond donors (Lipinski definition) is 2. The molecule has 0 aliphatic carbocycles. The van der Waals surface area contributed by atoms with Crippen LogP contribution in [0.1, 0.15) is 31.8 Å². The number of carbonyl (C=O) groups is 3. The topological polar surface area (TPSA) is 84.5 Å². The van der Waals surface area contributed by atoms with Gasteiger partial charge in [-0.2, -0.15) is 0 Å². The van der Waals surface area contributed by atoms with E-state index in [1.54, 1.807) is 54.6 Å². The maximum absolute atomic E-state index is 13.6. The summed E-state index contributed by atoms with van der Waals surface area (Å²) in [6.07, 6.45) is 0. The van der Waals surface area contributed by atoms with Crippen LogP contribution >= 0.6 is 0 Å². The molecule has 0 spiro atoms. The van der Waals surface area contributed by atoms with Gasteiger partial charge in [0.25, 0.3) is 11.8 Å². The van der Waals surface area contributed by atoms with Crippen molar-refractivity contribution < 1.29 is 23.5 Å². The van der Waals surface area contributed by atoms with E-state index in [0.717, 1.165) is 5.56 Å². The van der Waals surface area contributed by atoms with Gasteiger partial charge in [-0.05, 0) is 37.3 Å². The maximum Gasteiger partial charge on any atom is 0.340 e. The monoisotopic (exact) mass is 420 g/mol. The summed E-state index contributed by atoms with van der Waals surface area (Å²) in [5.74, 6) is -2.14. The summed E-state index contributed by atoms with van der Waals surface area (Å²) in [5, 5.41) is 5.19. The third-order valence-electron chi connectivity index (χ3n) is 4.44. The highest BCUT2D eigenvalue weighted by molar-refractivity contribution is 6.08. The van der Waals surface area contributed by atoms with Crippen LogP contribution in [0.2, 0.25) is 0 Å². The molecule has 7 heteroatoms. The Hall–Kier alpha value is -4.00. The Bertz CT molecular complexity index is 1110. The summed E-state index contributed by atoms with van der Waals surface area (Å²) >= 11 is 0. The van der Waals surface area contributed by atoms with Crippen molar-refractivity contribution in [2.75, 3.05) is 11.9 Å². The van der Waals surface area contributed by atoms with Crippen molar-refractivity contribution in [1.82, 2.24) is 5.32 Å². The number of esters is 1. The molecule has 0 fully saturated rings. The highest BCUT2D eigenvalue weighted by Crippen LogP contribution is 2.18. The smallest absolute Gasteiger partial charge is 0.340 e. The Morgan fingerprint density at radius 3 is 2.45 bits per heavy atom. The molecule has 0 bridgehead atoms. The number of aryl methyl sites for hydroxylation is 1. The number of para-hydroxylation sites is 1. The molecule has 0 aromatic heterocycles. The van der Waals surface area contributed by atoms with Crippen molar-refractivity contribution in [1.29, 1.82) is 0 Å². The third-order valence-corrected chi connectivity index (χ3v) is 4.44. The summed E-state index contributed by atoms with van der Waals surface area (Å²) in [6.45, 7) is 1.32. The lowest BCUT2D eigenvalue weighted by Crippen LogP contribution is -2.29. The first kappa shape index (κ1) is 21.7. The standard InChI is InChI=1S/C24H21FN2O4/c1-16-7-6-9-17(13-16)23(29)27-21-12-5-3-10-19(21)24(30)31-15-22(28)26-14-18-8-2-4-11-20(18)25/h2-13H,14-15H2,1H3,(H,26,28)(H,27,29). The molecule has 3 aromatic carbocycles. The molecular formula is C24H21FN2O4. The van der Waals surface area contributed by atoms with E-state index in [9.17, 15) is 18.8 Å². The van der Waals surface area contributed by atoms with Crippen LogP contribution in [0.25, 0.3) is 0 Å². The Morgan fingerprint density at radius 1 is 0.935 bits per heavy atom. The molecule has 0 radical (unpaired) electrons. The van der Waals surface area contributed by atoms with Gasteiger partial charge < -0.3 is 15.4 Å². The predicted molar refractivity (Wildman–Crippen MR) is 114 cm³/mol. The lowest BCUT2D eigenvalue weighted by molar-refractivity contribution is -0.124. The molecule has 0 aliphatic heterocycles. The summed E-state index contributed by atoms with van der Waals surface area (Å²) in [7, 11) is 0. The molecule has 0 heterocycles. The molecule has 0 saturated heterocycles. The first-order valence-corrected chi connectivity index (χ1v) is 9.58. The van der Waals surface area contributed by atoms with Crippen LogP contribution in [0.15, 0.2) is 72.8 Å². The van der Waals surface area contributed by atoms with Crippen molar-refractivity contribution in [3.05, 3.63) is 101 Å². The van der Waals surface area contributed by atoms with Gasteiger partial charge >= 0.3 is 5.97 Å². The lowest BCUT2D eigenvalue weighted by Gasteiger charge is -2.11. The second kappa shape index (κ2) is 10.2. The number of ether oxygens (including phenoxy) is 1. The van der Waals surface area contributed by atoms with Crippen molar-refractivity contribution in [2.45, 2.75) is 13.5 Å². The maximum atomic E-state index is 13.6. The van der Waals surface area contributed by atoms with Gasteiger partial charge in [-0.1, -0.05) is 48.0 Å². The van der Waals surface area contributed by atoms with Crippen molar-refractivity contribution in [2.24, 2.45) is 0 Å². The van der Waals surface area contributed by atoms with Gasteiger partial charge in [-0.3, -0.25) is 9.59 Å². The molecule has 158 valence electrons. The largest absolute Gasteiger partial charge is 0.452 e. The van der Waals surface area contributed by atoms with Crippen LogP contribution in [-0.4, -0.2) is 24.4 Å². The zero-order valence-corrected chi connectivity index (χ0v) is 16.9. The van der Waals surface area contributed by atoms with E-state index in [0.29, 0.717) is 11.1 Å². The van der Waals surface area contributed by atoms with Crippen LogP contribution in [0.5, 0.6) is 0 Å². The first-order chi connectivity index (χ1) is 14.9. The summed E-state index contributed by atoms with van der Waals surface area (Å²) in [4.78, 5) is 36.9. The van der Waals surface area contributed by atoms with Crippen molar-refractivity contribution in [3.8, 4) is 0 Å². The van der Waals surface area contributed by atoms with Gasteiger partial charge in [0.15, 0.2) is 6.61 Å². The molecule has 2 N–H and O–H groups in total. The van der Waals surface area contributed by atoms with Gasteiger partial charge in [-0.25, -0.2) is 9.18 Å². The lowest BCUT2D eigenvalue weighted by atomic mass is 10.1. The van der Waals surface area contributed by atoms with Crippen molar-refractivity contribution >= 4 is 23.5 Å². The average Bonchev–Trinajstić information content (AvgIpc) is 2.77. The Labute approximate surface area is 179 Å². The van der Waals surface area contributed by atoms with Crippen LogP contribution < -0.4 is 10.6 Å². The molecule has 0 atom stereocenters. The quantitative estimate of drug-likeness (QED) is 0.569. The minimum Gasteiger partial charge on any atom is -0.452 e. The molecule has 2 amide bonds. The molecule has 6 nitrogen and oxygen atoms in total. The second-order valence-electron chi connectivity index (χ2n) is 6.81. The minimum absolute atomic E-state index is 0.0216. The normalized spacial score (nSPS) is 10.3. The number of amides is 2. The van der Waals surface area contributed by atoms with Gasteiger partial charge in [0.2, 0.25) is 0 Å². The molecule has 31 heavy (non-hydrogen) atoms. The van der Waals surface area contributed by atoms with Crippen molar-refractivity contribution in [3.63, 3.8) is 0 Å². The van der Waals surface area contributed by atoms with Gasteiger partial charge in [0.1, 0.15) is 5.82 Å². The number of hydrogen-bond acceptors (Lipinski definition) is 4. The van der Waals surface area contributed by atoms with E-state index in [1.165, 1.54) is 12.1 Å². The fourth-order valence-corrected chi connectivity index (χ4v) is 2.85. The highest BCUT2D eigenvalue weighted by Gasteiger charge is 2.16. The number of rotatable bonds is 7. The average molecular weight is 420 g/mol. The zero-order valence-electron chi connectivity index (χ0n) is 16.9. The fraction of sp³-hybridized carbons (Fsp3) is 0.125. The number of halogens is 1. The van der Waals surface area contributed by atoms with E-state index in [-0.39, 0.29) is 23.7 Å². The number of carbonyl (C=O) groups excluding carboxylic acids is 3. The highest BCUT2D eigenvalue weighted by atomic mass is 19.1. The van der Waals surface area contributed by atoms with Gasteiger partial charge in [0, 0.05) is 17.7 Å². The molecule has 3 rings (SSSR count). The van der Waals surface area contributed by atoms with E-state index in [4.69, 9.17) is 4.74 Å². The fourth-order valence-electron chi connectivity index (χ4n) is 2.85. The SMILES string of the molecule is Cc1cccc(C(=O)Nc2ccccc2C(=O)OCC(=O)NCc2ccccc2F)c1. The van der Waals surface area contributed by atoms with Crippen LogP contribution in [-0.2, 0) is 16.1 Å². The third kappa shape index (κ3) is 5.99. The molecule has 0 aliphatic rings. The molecule has 0 unspecified atom stereocenters. The molecular weight excluding hydrogens is 399 g/mol. The van der Waals surface area contributed by atoms with E-state index >= 15 is 0 Å². The van der Waals surface area contributed by atoms with E-state index < -0.39 is 24.3 Å². The predicted octanol–water partition coefficient (Wildman–Crippen LogP) is 3.86. The number of nitrogens with one attached hydrogen (secondary N) is 2. The summed E-state index contributed by atoms with van der Waals surface area (Å²) in [5.41, 5.74) is 2.10. The first-order valence-electron chi connectivity index (χ1n) is 9.58. The van der Waals surface area contributed by atoms with Gasteiger partial charge in [-0.15, -0.1) is 0 Å². The van der Waals surface area contributed by atoms with Crippen LogP contribution in [0.4, 0.5) is 10.1 Å². The Kier molecular flexibility index (Phi) is 7.11. The Balaban J connectivity index is 1.58.